The van der Waals surface area contributed by atoms with Gasteiger partial charge in [0.15, 0.2) is 0 Å². The Morgan fingerprint density at radius 2 is 1.54 bits per heavy atom. The number of aromatic hydroxyl groups is 1. The van der Waals surface area contributed by atoms with E-state index in [1.54, 1.807) is 6.07 Å². The van der Waals surface area contributed by atoms with Gasteiger partial charge in [-0.3, -0.25) is 0 Å². The van der Waals surface area contributed by atoms with Crippen LogP contribution in [-0.2, 0) is 17.6 Å². The van der Waals surface area contributed by atoms with Crippen molar-refractivity contribution in [2.24, 2.45) is 0 Å². The maximum absolute atomic E-state index is 12.0. The smallest absolute Gasteiger partial charge is 0.315 e. The summed E-state index contributed by atoms with van der Waals surface area (Å²) in [5, 5.41) is 83.7. The minimum absolute atomic E-state index is 0.153. The Balaban J connectivity index is 1.64. The van der Waals surface area contributed by atoms with E-state index in [0.717, 1.165) is 11.1 Å². The van der Waals surface area contributed by atoms with Gasteiger partial charge in [0.05, 0.1) is 26.4 Å². The highest BCUT2D eigenvalue weighted by molar-refractivity contribution is 6.31. The number of urea groups is 1. The molecule has 1 heterocycles. The van der Waals surface area contributed by atoms with E-state index in [9.17, 15) is 45.6 Å². The van der Waals surface area contributed by atoms with Gasteiger partial charge in [-0.2, -0.15) is 0 Å². The fourth-order valence-corrected chi connectivity index (χ4v) is 4.49. The summed E-state index contributed by atoms with van der Waals surface area (Å²) < 4.78 is 5.57. The Labute approximate surface area is 230 Å². The van der Waals surface area contributed by atoms with E-state index in [1.165, 1.54) is 6.07 Å². The summed E-state index contributed by atoms with van der Waals surface area (Å²) in [5.74, 6) is -0.269. The number of phenols is 1. The molecular formula is C26H35ClN2O10. The molecule has 12 nitrogen and oxygen atoms in total. The molecule has 0 aromatic heterocycles. The van der Waals surface area contributed by atoms with Crippen molar-refractivity contribution in [2.75, 3.05) is 33.0 Å². The van der Waals surface area contributed by atoms with Gasteiger partial charge in [0.2, 0.25) is 0 Å². The summed E-state index contributed by atoms with van der Waals surface area (Å²) in [5.41, 5.74) is 1.03. The van der Waals surface area contributed by atoms with Crippen molar-refractivity contribution in [3.05, 3.63) is 63.7 Å². The maximum atomic E-state index is 12.0. The van der Waals surface area contributed by atoms with Crippen LogP contribution in [0.2, 0.25) is 5.02 Å². The fraction of sp³-hybridized carbons (Fsp3) is 0.500. The quantitative estimate of drug-likeness (QED) is 0.154. The molecule has 0 saturated carbocycles. The van der Waals surface area contributed by atoms with E-state index in [4.69, 9.17) is 16.3 Å². The molecule has 2 aromatic carbocycles. The summed E-state index contributed by atoms with van der Waals surface area (Å²) in [6.45, 7) is -2.20. The first kappa shape index (κ1) is 31.0. The Kier molecular flexibility index (Phi) is 10.9. The van der Waals surface area contributed by atoms with Crippen LogP contribution in [0.15, 0.2) is 36.4 Å². The lowest BCUT2D eigenvalue weighted by Crippen LogP contribution is -2.59. The van der Waals surface area contributed by atoms with Gasteiger partial charge in [0.25, 0.3) is 0 Å². The van der Waals surface area contributed by atoms with Gasteiger partial charge < -0.3 is 56.2 Å². The minimum atomic E-state index is -1.59. The summed E-state index contributed by atoms with van der Waals surface area (Å²) in [6.07, 6.45) is -6.15. The third-order valence-electron chi connectivity index (χ3n) is 6.80. The van der Waals surface area contributed by atoms with Gasteiger partial charge in [0, 0.05) is 17.1 Å². The monoisotopic (exact) mass is 570 g/mol. The Morgan fingerprint density at radius 3 is 2.13 bits per heavy atom. The standard InChI is InChI=1S/C26H35ClN2O10/c27-18-9-19(34)17(24-23(37)22(36)21(35)20(10-30)39-24)8-16(18)7-15-3-1-14(2-4-15)5-6-28-25(38)29-26(11-31,12-32)13-33/h1-4,8-9,20-24,30-37H,5-7,10-13H2,(H2,28,29,38)/t20-,21-,22+,23-,24?/m1/s1. The number of carbonyl (C=O) groups excluding carboxylic acids is 1. The van der Waals surface area contributed by atoms with Crippen LogP contribution < -0.4 is 10.6 Å². The van der Waals surface area contributed by atoms with Gasteiger partial charge in [-0.25, -0.2) is 4.79 Å². The third kappa shape index (κ3) is 7.37. The summed E-state index contributed by atoms with van der Waals surface area (Å²) in [6, 6.07) is 9.66. The van der Waals surface area contributed by atoms with Crippen LogP contribution in [0.1, 0.15) is 28.4 Å². The first-order valence-electron chi connectivity index (χ1n) is 12.4. The zero-order chi connectivity index (χ0) is 28.7. The molecule has 1 saturated heterocycles. The molecule has 10 N–H and O–H groups in total. The SMILES string of the molecule is O=C(NCCc1ccc(Cc2cc(C3O[C@H](CO)[C@@H](O)[C@H](O)[C@H]3O)c(O)cc2Cl)cc1)NC(CO)(CO)CO. The number of aliphatic hydroxyl groups is 7. The van der Waals surface area contributed by atoms with Crippen molar-refractivity contribution in [3.63, 3.8) is 0 Å². The molecule has 3 rings (SSSR count). The van der Waals surface area contributed by atoms with E-state index in [2.05, 4.69) is 10.6 Å². The van der Waals surface area contributed by atoms with Gasteiger partial charge in [-0.05, 0) is 41.7 Å². The lowest BCUT2D eigenvalue weighted by atomic mass is 9.89. The van der Waals surface area contributed by atoms with E-state index in [1.807, 2.05) is 24.3 Å². The van der Waals surface area contributed by atoms with Gasteiger partial charge in [-0.1, -0.05) is 35.9 Å². The Hall–Kier alpha value is -2.52. The molecule has 216 valence electrons. The lowest BCUT2D eigenvalue weighted by Gasteiger charge is -2.40. The normalized spacial score (nSPS) is 23.4. The second-order valence-electron chi connectivity index (χ2n) is 9.63. The van der Waals surface area contributed by atoms with Crippen LogP contribution in [0.25, 0.3) is 0 Å². The topological polar surface area (TPSA) is 212 Å². The van der Waals surface area contributed by atoms with Gasteiger partial charge in [-0.15, -0.1) is 0 Å². The second-order valence-corrected chi connectivity index (χ2v) is 10.0. The van der Waals surface area contributed by atoms with Gasteiger partial charge >= 0.3 is 6.03 Å². The number of aliphatic hydroxyl groups excluding tert-OH is 7. The molecule has 13 heteroatoms. The highest BCUT2D eigenvalue weighted by Crippen LogP contribution is 2.39. The molecule has 1 aliphatic rings. The molecule has 39 heavy (non-hydrogen) atoms. The van der Waals surface area contributed by atoms with Crippen molar-refractivity contribution in [2.45, 2.75) is 48.9 Å². The highest BCUT2D eigenvalue weighted by Gasteiger charge is 2.44. The van der Waals surface area contributed by atoms with E-state index >= 15 is 0 Å². The molecule has 2 amide bonds. The first-order valence-corrected chi connectivity index (χ1v) is 12.7. The number of phenolic OH excluding ortho intramolecular Hbond substituents is 1. The molecule has 5 atom stereocenters. The number of rotatable bonds is 11. The van der Waals surface area contributed by atoms with Crippen molar-refractivity contribution in [1.29, 1.82) is 0 Å². The molecule has 0 spiro atoms. The number of ether oxygens (including phenoxy) is 1. The molecule has 0 radical (unpaired) electrons. The summed E-state index contributed by atoms with van der Waals surface area (Å²) in [7, 11) is 0. The number of hydrogen-bond acceptors (Lipinski definition) is 10. The minimum Gasteiger partial charge on any atom is -0.508 e. The largest absolute Gasteiger partial charge is 0.508 e. The Bertz CT molecular complexity index is 1090. The number of benzene rings is 2. The van der Waals surface area contributed by atoms with Crippen LogP contribution in [0, 0.1) is 0 Å². The van der Waals surface area contributed by atoms with Crippen molar-refractivity contribution in [3.8, 4) is 5.75 Å². The highest BCUT2D eigenvalue weighted by atomic mass is 35.5. The zero-order valence-electron chi connectivity index (χ0n) is 21.1. The molecular weight excluding hydrogens is 536 g/mol. The van der Waals surface area contributed by atoms with Crippen LogP contribution in [0.5, 0.6) is 5.75 Å². The average Bonchev–Trinajstić information content (AvgIpc) is 2.93. The number of nitrogens with one attached hydrogen (secondary N) is 2. The predicted molar refractivity (Wildman–Crippen MR) is 139 cm³/mol. The number of amides is 2. The number of hydrogen-bond donors (Lipinski definition) is 10. The molecule has 1 unspecified atom stereocenters. The lowest BCUT2D eigenvalue weighted by molar-refractivity contribution is -0.232. The van der Waals surface area contributed by atoms with Crippen LogP contribution in [0.3, 0.4) is 0 Å². The van der Waals surface area contributed by atoms with E-state index in [-0.39, 0.29) is 22.9 Å². The van der Waals surface area contributed by atoms with Crippen molar-refractivity contribution < 1.29 is 50.4 Å². The average molecular weight is 571 g/mol. The van der Waals surface area contributed by atoms with Crippen LogP contribution in [0.4, 0.5) is 4.79 Å². The molecule has 0 aliphatic carbocycles. The van der Waals surface area contributed by atoms with E-state index < -0.39 is 68.5 Å². The van der Waals surface area contributed by atoms with Crippen molar-refractivity contribution in [1.82, 2.24) is 10.6 Å². The zero-order valence-corrected chi connectivity index (χ0v) is 21.8. The fourth-order valence-electron chi connectivity index (χ4n) is 4.27. The molecule has 1 aliphatic heterocycles. The first-order chi connectivity index (χ1) is 18.6. The number of carbonyl (C=O) groups is 1. The third-order valence-corrected chi connectivity index (χ3v) is 7.15. The van der Waals surface area contributed by atoms with E-state index in [0.29, 0.717) is 18.4 Å². The predicted octanol–water partition coefficient (Wildman–Crippen LogP) is -1.29. The maximum Gasteiger partial charge on any atom is 0.315 e. The molecule has 2 aromatic rings. The van der Waals surface area contributed by atoms with Crippen LogP contribution >= 0.6 is 11.6 Å². The molecule has 0 bridgehead atoms. The number of halogens is 1. The Morgan fingerprint density at radius 1 is 0.923 bits per heavy atom. The summed E-state index contributed by atoms with van der Waals surface area (Å²) >= 11 is 6.36. The van der Waals surface area contributed by atoms with Crippen molar-refractivity contribution >= 4 is 17.6 Å². The second kappa shape index (κ2) is 13.7. The van der Waals surface area contributed by atoms with Crippen LogP contribution in [-0.4, -0.2) is 110 Å². The molecule has 1 fully saturated rings. The van der Waals surface area contributed by atoms with Gasteiger partial charge in [0.1, 0.15) is 41.8 Å². The summed E-state index contributed by atoms with van der Waals surface area (Å²) in [4.78, 5) is 12.0.